The molecule has 0 saturated carbocycles. The third-order valence-electron chi connectivity index (χ3n) is 7.63. The van der Waals surface area contributed by atoms with Gasteiger partial charge in [-0.3, -0.25) is 4.79 Å². The van der Waals surface area contributed by atoms with E-state index < -0.39 is 23.8 Å². The van der Waals surface area contributed by atoms with Crippen molar-refractivity contribution in [1.82, 2.24) is 15.2 Å². The van der Waals surface area contributed by atoms with Crippen LogP contribution in [0.15, 0.2) is 36.5 Å². The Morgan fingerprint density at radius 3 is 2.64 bits per heavy atom. The zero-order valence-corrected chi connectivity index (χ0v) is 23.2. The highest BCUT2D eigenvalue weighted by Crippen LogP contribution is 2.37. The number of hydrogen-bond donors (Lipinski definition) is 3. The van der Waals surface area contributed by atoms with Gasteiger partial charge < -0.3 is 29.3 Å². The first-order chi connectivity index (χ1) is 18.8. The lowest BCUT2D eigenvalue weighted by molar-refractivity contribution is 0.0657. The van der Waals surface area contributed by atoms with E-state index in [-0.39, 0.29) is 24.9 Å². The van der Waals surface area contributed by atoms with Gasteiger partial charge >= 0.3 is 0 Å². The monoisotopic (exact) mass is 558 g/mol. The number of nitrogens with zero attached hydrogens (tertiary/aromatic N) is 2. The number of hydrogen-bond acceptors (Lipinski definition) is 6. The van der Waals surface area contributed by atoms with Crippen molar-refractivity contribution in [2.75, 3.05) is 36.9 Å². The Kier molecular flexibility index (Phi) is 8.76. The molecule has 1 amide bonds. The van der Waals surface area contributed by atoms with Crippen LogP contribution in [-0.4, -0.2) is 66.3 Å². The largest absolute Gasteiger partial charge is 0.390 e. The summed E-state index contributed by atoms with van der Waals surface area (Å²) in [5, 5.41) is 18.6. The van der Waals surface area contributed by atoms with E-state index in [9.17, 15) is 18.7 Å². The van der Waals surface area contributed by atoms with Crippen LogP contribution in [0, 0.1) is 11.6 Å². The van der Waals surface area contributed by atoms with Crippen LogP contribution in [0.5, 0.6) is 0 Å². The van der Waals surface area contributed by atoms with Crippen LogP contribution in [0.3, 0.4) is 0 Å². The van der Waals surface area contributed by atoms with Crippen LogP contribution in [0.25, 0.3) is 10.9 Å². The maximum Gasteiger partial charge on any atom is 0.251 e. The fourth-order valence-corrected chi connectivity index (χ4v) is 6.34. The van der Waals surface area contributed by atoms with Crippen LogP contribution < -0.4 is 14.9 Å². The highest BCUT2D eigenvalue weighted by atomic mass is 32.2. The van der Waals surface area contributed by atoms with Crippen LogP contribution in [0.4, 0.5) is 14.5 Å². The topological polar surface area (TPSA) is 78.8 Å². The summed E-state index contributed by atoms with van der Waals surface area (Å²) in [7, 11) is 2.00. The molecule has 0 aliphatic carbocycles. The summed E-state index contributed by atoms with van der Waals surface area (Å²) >= 11 is 1.70. The summed E-state index contributed by atoms with van der Waals surface area (Å²) in [5.74, 6) is -0.791. The zero-order chi connectivity index (χ0) is 27.5. The van der Waals surface area contributed by atoms with Gasteiger partial charge in [-0.25, -0.2) is 8.78 Å². The van der Waals surface area contributed by atoms with Crippen molar-refractivity contribution in [3.8, 4) is 0 Å². The van der Waals surface area contributed by atoms with Crippen molar-refractivity contribution in [2.45, 2.75) is 57.3 Å². The normalized spacial score (nSPS) is 17.7. The predicted molar refractivity (Wildman–Crippen MR) is 151 cm³/mol. The second-order valence-electron chi connectivity index (χ2n) is 10.3. The molecule has 0 unspecified atom stereocenters. The van der Waals surface area contributed by atoms with E-state index in [1.165, 1.54) is 17.7 Å². The second-order valence-corrected chi connectivity index (χ2v) is 11.6. The van der Waals surface area contributed by atoms with E-state index in [0.29, 0.717) is 24.3 Å². The number of amides is 1. The number of aliphatic hydroxyl groups excluding tert-OH is 1. The molecule has 2 aliphatic heterocycles. The number of anilines is 1. The van der Waals surface area contributed by atoms with Gasteiger partial charge in [0.2, 0.25) is 0 Å². The lowest BCUT2D eigenvalue weighted by atomic mass is 9.99. The molecule has 2 aliphatic rings. The van der Waals surface area contributed by atoms with Crippen LogP contribution in [0.1, 0.15) is 41.3 Å². The molecule has 7 nitrogen and oxygen atoms in total. The van der Waals surface area contributed by atoms with Crippen molar-refractivity contribution < 1.29 is 23.4 Å². The van der Waals surface area contributed by atoms with Gasteiger partial charge in [0.1, 0.15) is 11.6 Å². The Balaban J connectivity index is 1.42. The molecule has 3 heterocycles. The smallest absolute Gasteiger partial charge is 0.251 e. The van der Waals surface area contributed by atoms with Crippen molar-refractivity contribution in [3.05, 3.63) is 64.9 Å². The maximum absolute atomic E-state index is 14.0. The number of aryl methyl sites for hydroxylation is 2. The second kappa shape index (κ2) is 12.2. The van der Waals surface area contributed by atoms with Gasteiger partial charge in [0.05, 0.1) is 23.3 Å². The zero-order valence-electron chi connectivity index (χ0n) is 22.4. The first-order valence-corrected chi connectivity index (χ1v) is 14.5. The number of aromatic nitrogens is 1. The summed E-state index contributed by atoms with van der Waals surface area (Å²) < 4.78 is 37.7. The average molecular weight is 559 g/mol. The van der Waals surface area contributed by atoms with E-state index >= 15 is 0 Å². The highest BCUT2D eigenvalue weighted by Gasteiger charge is 2.26. The van der Waals surface area contributed by atoms with Crippen molar-refractivity contribution in [1.29, 1.82) is 0 Å². The van der Waals surface area contributed by atoms with E-state index in [0.717, 1.165) is 54.2 Å². The first kappa shape index (κ1) is 27.9. The molecule has 10 heteroatoms. The van der Waals surface area contributed by atoms with Crippen molar-refractivity contribution in [3.63, 3.8) is 0 Å². The number of halogens is 2. The van der Waals surface area contributed by atoms with E-state index in [1.807, 2.05) is 19.2 Å². The lowest BCUT2D eigenvalue weighted by Gasteiger charge is -2.28. The highest BCUT2D eigenvalue weighted by molar-refractivity contribution is 8.00. The molecule has 3 N–H and O–H groups in total. The molecule has 3 aromatic rings. The average Bonchev–Trinajstić information content (AvgIpc) is 3.19. The fraction of sp³-hybridized carbons (Fsp3) is 0.483. The third kappa shape index (κ3) is 6.40. The molecule has 1 saturated heterocycles. The van der Waals surface area contributed by atoms with Gasteiger partial charge in [0.25, 0.3) is 5.91 Å². The molecule has 0 bridgehead atoms. The molecule has 5 rings (SSSR count). The Hall–Kier alpha value is -2.66. The number of ether oxygens (including phenoxy) is 1. The van der Waals surface area contributed by atoms with Crippen LogP contribution in [-0.2, 0) is 24.1 Å². The number of benzene rings is 2. The van der Waals surface area contributed by atoms with E-state index in [2.05, 4.69) is 32.6 Å². The van der Waals surface area contributed by atoms with E-state index in [1.54, 1.807) is 11.9 Å². The van der Waals surface area contributed by atoms with Gasteiger partial charge in [-0.2, -0.15) is 0 Å². The molecule has 1 fully saturated rings. The number of nitrogens with one attached hydrogen (secondary N) is 2. The molecule has 0 radical (unpaired) electrons. The van der Waals surface area contributed by atoms with Crippen LogP contribution >= 0.6 is 11.9 Å². The molecular weight excluding hydrogens is 522 g/mol. The van der Waals surface area contributed by atoms with Gasteiger partial charge in [0, 0.05) is 68.4 Å². The number of carbonyl (C=O) groups is 1. The third-order valence-corrected chi connectivity index (χ3v) is 8.58. The predicted octanol–water partition coefficient (Wildman–Crippen LogP) is 4.05. The van der Waals surface area contributed by atoms with Crippen molar-refractivity contribution >= 4 is 34.4 Å². The fourth-order valence-electron chi connectivity index (χ4n) is 5.51. The number of rotatable bonds is 9. The van der Waals surface area contributed by atoms with E-state index in [4.69, 9.17) is 4.74 Å². The number of aliphatic hydroxyl groups is 1. The first-order valence-electron chi connectivity index (χ1n) is 13.6. The van der Waals surface area contributed by atoms with Gasteiger partial charge in [-0.05, 0) is 73.0 Å². The minimum Gasteiger partial charge on any atom is -0.390 e. The summed E-state index contributed by atoms with van der Waals surface area (Å²) in [5.41, 5.74) is 4.10. The summed E-state index contributed by atoms with van der Waals surface area (Å²) in [6, 6.07) is 6.54. The van der Waals surface area contributed by atoms with Gasteiger partial charge in [-0.15, -0.1) is 0 Å². The quantitative estimate of drug-likeness (QED) is 0.344. The maximum atomic E-state index is 14.0. The Bertz CT molecular complexity index is 1310. The van der Waals surface area contributed by atoms with Crippen LogP contribution in [0.2, 0.25) is 0 Å². The standard InChI is InChI=1S/C29H36F2N4O3S/c1-3-19-17-35-6-9-39-34(2)26-14-20(13-24(19)28(26)35)29(37)33-25(12-18-10-21(30)15-22(31)11-18)27(36)16-32-23-4-7-38-8-5-23/h10-11,13-15,17,23,25,27,32,36H,3-9,12,16H2,1-2H3,(H,33,37)/t25-,27+/m0/s1. The summed E-state index contributed by atoms with van der Waals surface area (Å²) in [6.07, 6.45) is 3.80. The molecule has 1 aromatic heterocycles. The SMILES string of the molecule is CCc1cn2c3c(cc(C(=O)N[C@@H](Cc4cc(F)cc(F)c4)[C@H](O)CNC4CCOCC4)cc13)N(C)SCC2. The molecule has 210 valence electrons. The molecule has 2 aromatic carbocycles. The number of carbonyl (C=O) groups excluding carboxylic acids is 1. The molecular formula is C29H36F2N4O3S. The summed E-state index contributed by atoms with van der Waals surface area (Å²) in [6.45, 7) is 4.55. The van der Waals surface area contributed by atoms with Crippen molar-refractivity contribution in [2.24, 2.45) is 0 Å². The Labute approximate surface area is 232 Å². The lowest BCUT2D eigenvalue weighted by Crippen LogP contribution is -2.50. The minimum absolute atomic E-state index is 0.0818. The van der Waals surface area contributed by atoms with Gasteiger partial charge in [0.15, 0.2) is 0 Å². The van der Waals surface area contributed by atoms with Gasteiger partial charge in [-0.1, -0.05) is 6.92 Å². The molecule has 2 atom stereocenters. The Morgan fingerprint density at radius 1 is 1.18 bits per heavy atom. The molecule has 0 spiro atoms. The summed E-state index contributed by atoms with van der Waals surface area (Å²) in [4.78, 5) is 13.7. The molecule has 39 heavy (non-hydrogen) atoms. The minimum atomic E-state index is -0.973. The Morgan fingerprint density at radius 2 is 1.92 bits per heavy atom.